The minimum atomic E-state index is -0.651. The van der Waals surface area contributed by atoms with Gasteiger partial charge in [0, 0.05) is 5.56 Å². The van der Waals surface area contributed by atoms with Crippen molar-refractivity contribution in [1.82, 2.24) is 9.97 Å². The molecule has 29 heavy (non-hydrogen) atoms. The normalized spacial score (nSPS) is 12.0. The monoisotopic (exact) mass is 413 g/mol. The van der Waals surface area contributed by atoms with E-state index in [1.807, 2.05) is 0 Å². The molecule has 0 saturated heterocycles. The molecule has 0 fully saturated rings. The summed E-state index contributed by atoms with van der Waals surface area (Å²) in [6.07, 6.45) is 0.501. The Labute approximate surface area is 190 Å². The van der Waals surface area contributed by atoms with Crippen LogP contribution in [0.3, 0.4) is 0 Å². The van der Waals surface area contributed by atoms with Crippen molar-refractivity contribution in [2.75, 3.05) is 33.7 Å². The fourth-order valence-electron chi connectivity index (χ4n) is 2.29. The average Bonchev–Trinajstić information content (AvgIpc) is 2.73. The van der Waals surface area contributed by atoms with E-state index in [0.29, 0.717) is 17.5 Å². The Morgan fingerprint density at radius 1 is 1.07 bits per heavy atom. The van der Waals surface area contributed by atoms with Gasteiger partial charge in [0.15, 0.2) is 0 Å². The Balaban J connectivity index is 0.00000420. The Hall–Kier alpha value is -2.53. The zero-order chi connectivity index (χ0) is 20.7. The fraction of sp³-hybridized carbons (Fsp3) is 0.278. The molecule has 0 aliphatic carbocycles. The fourth-order valence-corrected chi connectivity index (χ4v) is 2.29. The summed E-state index contributed by atoms with van der Waals surface area (Å²) in [5.74, 6) is -0.142. The summed E-state index contributed by atoms with van der Waals surface area (Å²) in [5, 5.41) is 2.49. The summed E-state index contributed by atoms with van der Waals surface area (Å²) in [6, 6.07) is 7.21. The van der Waals surface area contributed by atoms with Crippen LogP contribution in [0.2, 0.25) is 0 Å². The maximum atomic E-state index is 12.7. The molecule has 1 aromatic heterocycles. The van der Waals surface area contributed by atoms with E-state index < -0.39 is 16.5 Å². The number of quaternary nitrogens is 1. The number of carbonyl (C=O) groups excluding carboxylic acids is 3. The number of benzene rings is 1. The Morgan fingerprint density at radius 2 is 1.62 bits per heavy atom. The van der Waals surface area contributed by atoms with Gasteiger partial charge in [0.1, 0.15) is 6.54 Å². The SMILES string of the molecule is COC(=O)c1ccc(C[N+](C)(C=O)C(=O)Nc2nc(OC)cc(OC)n2)cc1.[NaH]. The van der Waals surface area contributed by atoms with Gasteiger partial charge in [-0.1, -0.05) is 12.1 Å². The van der Waals surface area contributed by atoms with Crippen LogP contribution in [0.25, 0.3) is 0 Å². The molecule has 0 saturated carbocycles. The van der Waals surface area contributed by atoms with Crippen LogP contribution >= 0.6 is 0 Å². The average molecular weight is 413 g/mol. The predicted octanol–water partition coefficient (Wildman–Crippen LogP) is 0.967. The summed E-state index contributed by atoms with van der Waals surface area (Å²) in [7, 11) is 5.55. The van der Waals surface area contributed by atoms with Gasteiger partial charge in [-0.25, -0.2) is 19.7 Å². The molecule has 2 rings (SSSR count). The molecule has 11 heteroatoms. The molecule has 1 N–H and O–H groups in total. The first-order valence-corrected chi connectivity index (χ1v) is 8.12. The number of anilines is 1. The number of urea groups is 1. The van der Waals surface area contributed by atoms with Crippen LogP contribution < -0.4 is 14.8 Å². The van der Waals surface area contributed by atoms with Crippen molar-refractivity contribution >= 4 is 53.9 Å². The molecular formula is C18H22N4NaO6+. The number of amides is 3. The van der Waals surface area contributed by atoms with Crippen LogP contribution in [-0.2, 0) is 16.1 Å². The van der Waals surface area contributed by atoms with Crippen molar-refractivity contribution in [2.45, 2.75) is 6.54 Å². The van der Waals surface area contributed by atoms with Crippen molar-refractivity contribution in [3.63, 3.8) is 0 Å². The first kappa shape index (κ1) is 24.5. The molecule has 1 aromatic carbocycles. The van der Waals surface area contributed by atoms with E-state index in [0.717, 1.165) is 0 Å². The molecular weight excluding hydrogens is 391 g/mol. The molecule has 3 amide bonds. The van der Waals surface area contributed by atoms with Crippen LogP contribution in [-0.4, -0.2) is 90.8 Å². The molecule has 1 heterocycles. The molecule has 0 spiro atoms. The molecule has 0 aliphatic rings. The van der Waals surface area contributed by atoms with Crippen molar-refractivity contribution in [1.29, 1.82) is 0 Å². The number of nitrogens with one attached hydrogen (secondary N) is 1. The Morgan fingerprint density at radius 3 is 2.07 bits per heavy atom. The molecule has 150 valence electrons. The van der Waals surface area contributed by atoms with Gasteiger partial charge < -0.3 is 14.2 Å². The first-order valence-electron chi connectivity index (χ1n) is 8.12. The molecule has 10 nitrogen and oxygen atoms in total. The third-order valence-electron chi connectivity index (χ3n) is 3.90. The number of ether oxygens (including phenoxy) is 3. The van der Waals surface area contributed by atoms with Gasteiger partial charge in [-0.3, -0.25) is 0 Å². The van der Waals surface area contributed by atoms with Gasteiger partial charge in [0.2, 0.25) is 17.7 Å². The van der Waals surface area contributed by atoms with Crippen LogP contribution in [0.1, 0.15) is 15.9 Å². The summed E-state index contributed by atoms with van der Waals surface area (Å²) >= 11 is 0. The molecule has 0 bridgehead atoms. The number of hydrogen-bond acceptors (Lipinski definition) is 8. The second-order valence-corrected chi connectivity index (χ2v) is 5.93. The van der Waals surface area contributed by atoms with Crippen LogP contribution in [0, 0.1) is 0 Å². The molecule has 2 aromatic rings. The third-order valence-corrected chi connectivity index (χ3v) is 3.90. The summed E-state index contributed by atoms with van der Waals surface area (Å²) in [6.45, 7) is 0.0535. The maximum absolute atomic E-state index is 12.7. The topological polar surface area (TPSA) is 117 Å². The number of carbonyl (C=O) groups is 3. The van der Waals surface area contributed by atoms with E-state index in [4.69, 9.17) is 9.47 Å². The summed E-state index contributed by atoms with van der Waals surface area (Å²) < 4.78 is 14.1. The number of aromatic nitrogens is 2. The van der Waals surface area contributed by atoms with Gasteiger partial charge in [-0.05, 0) is 12.1 Å². The van der Waals surface area contributed by atoms with Crippen LogP contribution in [0.4, 0.5) is 10.7 Å². The Kier molecular flexibility index (Phi) is 9.18. The van der Waals surface area contributed by atoms with E-state index in [2.05, 4.69) is 20.0 Å². The van der Waals surface area contributed by atoms with E-state index in [1.165, 1.54) is 34.4 Å². The van der Waals surface area contributed by atoms with Crippen LogP contribution in [0.5, 0.6) is 11.8 Å². The second kappa shape index (κ2) is 10.9. The number of hydrogen-bond donors (Lipinski definition) is 1. The van der Waals surface area contributed by atoms with E-state index >= 15 is 0 Å². The number of imide groups is 1. The predicted molar refractivity (Wildman–Crippen MR) is 105 cm³/mol. The van der Waals surface area contributed by atoms with Crippen molar-refractivity contribution in [3.05, 3.63) is 41.5 Å². The van der Waals surface area contributed by atoms with Gasteiger partial charge in [0.25, 0.3) is 0 Å². The summed E-state index contributed by atoms with van der Waals surface area (Å²) in [5.41, 5.74) is 1.04. The number of nitrogens with zero attached hydrogens (tertiary/aromatic N) is 3. The first-order chi connectivity index (χ1) is 13.3. The number of methoxy groups -OCH3 is 3. The van der Waals surface area contributed by atoms with Crippen molar-refractivity contribution in [2.24, 2.45) is 0 Å². The van der Waals surface area contributed by atoms with Crippen LogP contribution in [0.15, 0.2) is 30.3 Å². The van der Waals surface area contributed by atoms with Crippen molar-refractivity contribution in [3.8, 4) is 11.8 Å². The van der Waals surface area contributed by atoms with Gasteiger partial charge in [-0.2, -0.15) is 14.5 Å². The molecule has 0 radical (unpaired) electrons. The molecule has 1 unspecified atom stereocenters. The zero-order valence-electron chi connectivity index (χ0n) is 16.0. The Bertz CT molecular complexity index is 855. The number of esters is 1. The zero-order valence-corrected chi connectivity index (χ0v) is 16.0. The van der Waals surface area contributed by atoms with Gasteiger partial charge >= 0.3 is 48.0 Å². The molecule has 1 atom stereocenters. The summed E-state index contributed by atoms with van der Waals surface area (Å²) in [4.78, 5) is 43.9. The van der Waals surface area contributed by atoms with E-state index in [1.54, 1.807) is 24.3 Å². The quantitative estimate of drug-likeness (QED) is 0.309. The number of rotatable bonds is 7. The third kappa shape index (κ3) is 6.23. The minimum absolute atomic E-state index is 0. The standard InChI is InChI=1S/C18H20N4O6.Na.H/c1-22(11-23,10-12-5-7-13(8-6-12)16(24)28-4)18(25)21-17-19-14(26-2)9-15(20-17)27-3;;/h5-9,11H,10H2,1-4H3;;/p+1. The molecule has 0 aliphatic heterocycles. The van der Waals surface area contributed by atoms with Gasteiger partial charge in [-0.15, -0.1) is 0 Å². The van der Waals surface area contributed by atoms with E-state index in [9.17, 15) is 14.4 Å². The van der Waals surface area contributed by atoms with Crippen molar-refractivity contribution < 1.29 is 33.1 Å². The van der Waals surface area contributed by atoms with E-state index in [-0.39, 0.29) is 53.8 Å². The van der Waals surface area contributed by atoms with Gasteiger partial charge in [0.05, 0.1) is 40.0 Å². The second-order valence-electron chi connectivity index (χ2n) is 5.93.